The number of rotatable bonds is 6. The van der Waals surface area contributed by atoms with Gasteiger partial charge in [0.2, 0.25) is 5.88 Å². The first-order valence-corrected chi connectivity index (χ1v) is 9.15. The summed E-state index contributed by atoms with van der Waals surface area (Å²) in [5.41, 5.74) is 4.29. The topological polar surface area (TPSA) is 68.2 Å². The quantitative estimate of drug-likeness (QED) is 0.658. The Hall–Kier alpha value is -3.28. The Kier molecular flexibility index (Phi) is 5.99. The summed E-state index contributed by atoms with van der Waals surface area (Å²) in [4.78, 5) is 19.1. The lowest BCUT2D eigenvalue weighted by atomic mass is 10.1. The lowest BCUT2D eigenvalue weighted by Gasteiger charge is -2.25. The largest absolute Gasteiger partial charge is 0.480 e. The van der Waals surface area contributed by atoms with Crippen molar-refractivity contribution in [3.05, 3.63) is 71.5 Å². The van der Waals surface area contributed by atoms with Crippen molar-refractivity contribution in [3.63, 3.8) is 0 Å². The number of aromatic nitrogens is 3. The van der Waals surface area contributed by atoms with Crippen LogP contribution in [0.25, 0.3) is 11.3 Å². The van der Waals surface area contributed by atoms with E-state index in [1.165, 1.54) is 5.56 Å². The number of carbonyl (C=O) groups excluding carboxylic acids is 1. The van der Waals surface area contributed by atoms with Gasteiger partial charge in [-0.15, -0.1) is 10.2 Å². The minimum Gasteiger partial charge on any atom is -0.480 e. The fourth-order valence-electron chi connectivity index (χ4n) is 2.95. The lowest BCUT2D eigenvalue weighted by Crippen LogP contribution is -2.36. The molecule has 2 heterocycles. The maximum Gasteiger partial charge on any atom is 0.253 e. The summed E-state index contributed by atoms with van der Waals surface area (Å²) in [6.45, 7) is 4.07. The summed E-state index contributed by atoms with van der Waals surface area (Å²) in [6.07, 6.45) is 2.51. The molecule has 6 heteroatoms. The van der Waals surface area contributed by atoms with Gasteiger partial charge in [0.15, 0.2) is 0 Å². The Bertz CT molecular complexity index is 957. The van der Waals surface area contributed by atoms with E-state index < -0.39 is 0 Å². The molecule has 1 atom stereocenters. The van der Waals surface area contributed by atoms with Gasteiger partial charge >= 0.3 is 0 Å². The van der Waals surface area contributed by atoms with Gasteiger partial charge in [-0.3, -0.25) is 9.78 Å². The molecule has 0 aliphatic carbocycles. The van der Waals surface area contributed by atoms with Crippen LogP contribution >= 0.6 is 0 Å². The van der Waals surface area contributed by atoms with Crippen LogP contribution < -0.4 is 4.74 Å². The van der Waals surface area contributed by atoms with Crippen LogP contribution in [-0.4, -0.2) is 46.2 Å². The molecule has 0 radical (unpaired) electrons. The number of carbonyl (C=O) groups is 1. The lowest BCUT2D eigenvalue weighted by molar-refractivity contribution is 0.0743. The van der Waals surface area contributed by atoms with Gasteiger partial charge in [0.05, 0.1) is 12.8 Å². The van der Waals surface area contributed by atoms with Gasteiger partial charge in [-0.1, -0.05) is 12.1 Å². The fourth-order valence-corrected chi connectivity index (χ4v) is 2.95. The highest BCUT2D eigenvalue weighted by molar-refractivity contribution is 5.95. The standard InChI is InChI=1S/C22H24N4O2/c1-15-10-11-23-19(12-15)13-16(2)26(3)22(27)18-7-5-6-17(14-18)20-8-9-21(28-4)25-24-20/h5-12,14,16H,13H2,1-4H3. The zero-order chi connectivity index (χ0) is 20.1. The van der Waals surface area contributed by atoms with Crippen molar-refractivity contribution in [3.8, 4) is 17.1 Å². The van der Waals surface area contributed by atoms with Crippen molar-refractivity contribution in [2.45, 2.75) is 26.3 Å². The van der Waals surface area contributed by atoms with Gasteiger partial charge in [-0.2, -0.15) is 0 Å². The van der Waals surface area contributed by atoms with E-state index in [1.807, 2.05) is 57.3 Å². The SMILES string of the molecule is COc1ccc(-c2cccc(C(=O)N(C)C(C)Cc3cc(C)ccn3)c2)nn1. The number of pyridine rings is 1. The number of methoxy groups -OCH3 is 1. The van der Waals surface area contributed by atoms with Crippen LogP contribution in [0.1, 0.15) is 28.5 Å². The molecule has 0 N–H and O–H groups in total. The highest BCUT2D eigenvalue weighted by Gasteiger charge is 2.19. The molecule has 0 spiro atoms. The van der Waals surface area contributed by atoms with E-state index >= 15 is 0 Å². The Morgan fingerprint density at radius 3 is 2.64 bits per heavy atom. The molecular formula is C22H24N4O2. The Labute approximate surface area is 165 Å². The van der Waals surface area contributed by atoms with Crippen LogP contribution in [-0.2, 0) is 6.42 Å². The monoisotopic (exact) mass is 376 g/mol. The average Bonchev–Trinajstić information content (AvgIpc) is 2.73. The number of nitrogens with zero attached hydrogens (tertiary/aromatic N) is 4. The molecule has 2 aromatic heterocycles. The molecule has 0 aliphatic rings. The van der Waals surface area contributed by atoms with Gasteiger partial charge in [-0.05, 0) is 49.7 Å². The Morgan fingerprint density at radius 2 is 1.96 bits per heavy atom. The minimum atomic E-state index is -0.0385. The third kappa shape index (κ3) is 4.52. The third-order valence-corrected chi connectivity index (χ3v) is 4.71. The molecule has 144 valence electrons. The summed E-state index contributed by atoms with van der Waals surface area (Å²) < 4.78 is 5.04. The number of hydrogen-bond donors (Lipinski definition) is 0. The van der Waals surface area contributed by atoms with Gasteiger partial charge in [0.25, 0.3) is 5.91 Å². The van der Waals surface area contributed by atoms with Crippen LogP contribution in [0, 0.1) is 6.92 Å². The Morgan fingerprint density at radius 1 is 1.14 bits per heavy atom. The van der Waals surface area contributed by atoms with Gasteiger partial charge in [0.1, 0.15) is 0 Å². The highest BCUT2D eigenvalue weighted by Crippen LogP contribution is 2.20. The van der Waals surface area contributed by atoms with Crippen molar-refractivity contribution in [1.29, 1.82) is 0 Å². The van der Waals surface area contributed by atoms with E-state index in [-0.39, 0.29) is 11.9 Å². The predicted molar refractivity (Wildman–Crippen MR) is 108 cm³/mol. The summed E-state index contributed by atoms with van der Waals surface area (Å²) in [5, 5.41) is 8.15. The van der Waals surface area contributed by atoms with Crippen molar-refractivity contribution in [2.24, 2.45) is 0 Å². The second-order valence-electron chi connectivity index (χ2n) is 6.84. The fraction of sp³-hybridized carbons (Fsp3) is 0.273. The van der Waals surface area contributed by atoms with Crippen LogP contribution in [0.5, 0.6) is 5.88 Å². The maximum absolute atomic E-state index is 13.0. The molecular weight excluding hydrogens is 352 g/mol. The van der Waals surface area contributed by atoms with E-state index in [4.69, 9.17) is 4.74 Å². The normalized spacial score (nSPS) is 11.7. The molecule has 0 saturated carbocycles. The Balaban J connectivity index is 1.75. The molecule has 1 amide bonds. The maximum atomic E-state index is 13.0. The smallest absolute Gasteiger partial charge is 0.253 e. The van der Waals surface area contributed by atoms with E-state index in [0.29, 0.717) is 23.6 Å². The molecule has 0 saturated heterocycles. The number of aryl methyl sites for hydroxylation is 1. The van der Waals surface area contributed by atoms with Crippen molar-refractivity contribution >= 4 is 5.91 Å². The highest BCUT2D eigenvalue weighted by atomic mass is 16.5. The van der Waals surface area contributed by atoms with Crippen molar-refractivity contribution in [1.82, 2.24) is 20.1 Å². The molecule has 28 heavy (non-hydrogen) atoms. The third-order valence-electron chi connectivity index (χ3n) is 4.71. The van der Waals surface area contributed by atoms with E-state index in [1.54, 1.807) is 24.3 Å². The molecule has 3 aromatic rings. The van der Waals surface area contributed by atoms with E-state index in [2.05, 4.69) is 21.2 Å². The first-order chi connectivity index (χ1) is 13.5. The van der Waals surface area contributed by atoms with E-state index in [0.717, 1.165) is 11.3 Å². The van der Waals surface area contributed by atoms with Crippen LogP contribution in [0.15, 0.2) is 54.7 Å². The van der Waals surface area contributed by atoms with E-state index in [9.17, 15) is 4.79 Å². The number of benzene rings is 1. The molecule has 1 aromatic carbocycles. The zero-order valence-corrected chi connectivity index (χ0v) is 16.6. The summed E-state index contributed by atoms with van der Waals surface area (Å²) in [5.74, 6) is 0.415. The van der Waals surface area contributed by atoms with Gasteiger partial charge in [0, 0.05) is 48.6 Å². The van der Waals surface area contributed by atoms with Crippen LogP contribution in [0.4, 0.5) is 0 Å². The number of hydrogen-bond acceptors (Lipinski definition) is 5. The second-order valence-corrected chi connectivity index (χ2v) is 6.84. The molecule has 3 rings (SSSR count). The second kappa shape index (κ2) is 8.61. The molecule has 1 unspecified atom stereocenters. The van der Waals surface area contributed by atoms with Crippen molar-refractivity contribution in [2.75, 3.05) is 14.2 Å². The molecule has 6 nitrogen and oxygen atoms in total. The van der Waals surface area contributed by atoms with Gasteiger partial charge in [-0.25, -0.2) is 0 Å². The van der Waals surface area contributed by atoms with Crippen molar-refractivity contribution < 1.29 is 9.53 Å². The minimum absolute atomic E-state index is 0.0197. The molecule has 0 aliphatic heterocycles. The summed E-state index contributed by atoms with van der Waals surface area (Å²) in [6, 6.07) is 15.0. The van der Waals surface area contributed by atoms with Crippen LogP contribution in [0.3, 0.4) is 0 Å². The summed E-state index contributed by atoms with van der Waals surface area (Å²) >= 11 is 0. The number of amides is 1. The molecule has 0 fully saturated rings. The van der Waals surface area contributed by atoms with Crippen LogP contribution in [0.2, 0.25) is 0 Å². The zero-order valence-electron chi connectivity index (χ0n) is 16.6. The first-order valence-electron chi connectivity index (χ1n) is 9.15. The van der Waals surface area contributed by atoms with Gasteiger partial charge < -0.3 is 9.64 Å². The predicted octanol–water partition coefficient (Wildman–Crippen LogP) is 3.56. The molecule has 0 bridgehead atoms. The summed E-state index contributed by atoms with van der Waals surface area (Å²) in [7, 11) is 3.37. The number of ether oxygens (including phenoxy) is 1. The first kappa shape index (κ1) is 19.5. The number of likely N-dealkylation sites (N-methyl/N-ethyl adjacent to an activating group) is 1. The average molecular weight is 376 g/mol.